The molecule has 0 aliphatic carbocycles. The summed E-state index contributed by atoms with van der Waals surface area (Å²) in [6.45, 7) is 0. The second-order valence-electron chi connectivity index (χ2n) is 5.78. The van der Waals surface area contributed by atoms with E-state index >= 15 is 0 Å². The number of hydrogen-bond donors (Lipinski definition) is 2. The minimum atomic E-state index is -0.895. The SMILES string of the molecule is O=C(O)CCCC(=O)Nc1nc(-c2ccc(-c3ccccc3)cc2)cs1. The van der Waals surface area contributed by atoms with Crippen LogP contribution in [0.25, 0.3) is 22.4 Å². The van der Waals surface area contributed by atoms with Gasteiger partial charge in [-0.2, -0.15) is 0 Å². The summed E-state index contributed by atoms with van der Waals surface area (Å²) < 4.78 is 0. The van der Waals surface area contributed by atoms with Crippen molar-refractivity contribution in [2.24, 2.45) is 0 Å². The van der Waals surface area contributed by atoms with Crippen LogP contribution in [-0.4, -0.2) is 22.0 Å². The first-order valence-corrected chi connectivity index (χ1v) is 9.13. The molecule has 2 aromatic carbocycles. The van der Waals surface area contributed by atoms with Gasteiger partial charge in [-0.05, 0) is 17.5 Å². The molecule has 0 saturated heterocycles. The number of rotatable bonds is 7. The lowest BCUT2D eigenvalue weighted by Gasteiger charge is -2.03. The largest absolute Gasteiger partial charge is 0.481 e. The van der Waals surface area contributed by atoms with Crippen LogP contribution >= 0.6 is 11.3 Å². The standard InChI is InChI=1S/C20H18N2O3S/c23-18(7-4-8-19(24)25)22-20-21-17(13-26-20)16-11-9-15(10-12-16)14-5-2-1-3-6-14/h1-3,5-6,9-13H,4,7-8H2,(H,24,25)(H,21,22,23). The third-order valence-corrected chi connectivity index (χ3v) is 4.59. The highest BCUT2D eigenvalue weighted by Gasteiger charge is 2.09. The van der Waals surface area contributed by atoms with Crippen molar-refractivity contribution in [2.45, 2.75) is 19.3 Å². The number of thiazole rings is 1. The van der Waals surface area contributed by atoms with Gasteiger partial charge in [-0.25, -0.2) is 4.98 Å². The molecule has 1 aromatic heterocycles. The van der Waals surface area contributed by atoms with Crippen molar-refractivity contribution in [1.29, 1.82) is 0 Å². The van der Waals surface area contributed by atoms with E-state index in [-0.39, 0.29) is 18.7 Å². The first-order valence-electron chi connectivity index (χ1n) is 8.25. The molecule has 1 heterocycles. The van der Waals surface area contributed by atoms with Gasteiger partial charge in [0.15, 0.2) is 5.13 Å². The molecule has 6 heteroatoms. The quantitative estimate of drug-likeness (QED) is 0.637. The summed E-state index contributed by atoms with van der Waals surface area (Å²) in [5.41, 5.74) is 4.07. The van der Waals surface area contributed by atoms with Crippen molar-refractivity contribution < 1.29 is 14.7 Å². The van der Waals surface area contributed by atoms with Crippen molar-refractivity contribution in [1.82, 2.24) is 4.98 Å². The summed E-state index contributed by atoms with van der Waals surface area (Å²) in [6.07, 6.45) is 0.484. The maximum atomic E-state index is 11.8. The number of hydrogen-bond acceptors (Lipinski definition) is 4. The first-order chi connectivity index (χ1) is 12.6. The second kappa shape index (κ2) is 8.40. The molecule has 0 aliphatic rings. The van der Waals surface area contributed by atoms with Crippen LogP contribution in [0, 0.1) is 0 Å². The highest BCUT2D eigenvalue weighted by molar-refractivity contribution is 7.14. The van der Waals surface area contributed by atoms with Gasteiger partial charge in [0, 0.05) is 23.8 Å². The fourth-order valence-electron chi connectivity index (χ4n) is 2.51. The Morgan fingerprint density at radius 3 is 2.27 bits per heavy atom. The van der Waals surface area contributed by atoms with Gasteiger partial charge in [0.25, 0.3) is 0 Å². The maximum Gasteiger partial charge on any atom is 0.303 e. The van der Waals surface area contributed by atoms with Crippen LogP contribution < -0.4 is 5.32 Å². The number of carboxylic acid groups (broad SMARTS) is 1. The Hall–Kier alpha value is -2.99. The monoisotopic (exact) mass is 366 g/mol. The molecule has 0 aliphatic heterocycles. The van der Waals surface area contributed by atoms with E-state index in [1.54, 1.807) is 0 Å². The fourth-order valence-corrected chi connectivity index (χ4v) is 3.25. The zero-order chi connectivity index (χ0) is 18.4. The average molecular weight is 366 g/mol. The van der Waals surface area contributed by atoms with E-state index in [0.29, 0.717) is 11.6 Å². The molecule has 1 amide bonds. The zero-order valence-corrected chi connectivity index (χ0v) is 14.8. The van der Waals surface area contributed by atoms with E-state index in [0.717, 1.165) is 22.4 Å². The summed E-state index contributed by atoms with van der Waals surface area (Å²) in [5.74, 6) is -1.11. The third-order valence-electron chi connectivity index (χ3n) is 3.83. The number of aliphatic carboxylic acids is 1. The van der Waals surface area contributed by atoms with E-state index < -0.39 is 5.97 Å². The molecule has 0 bridgehead atoms. The molecule has 26 heavy (non-hydrogen) atoms. The molecule has 0 unspecified atom stereocenters. The molecular weight excluding hydrogens is 348 g/mol. The van der Waals surface area contributed by atoms with Gasteiger partial charge in [-0.1, -0.05) is 54.6 Å². The third kappa shape index (κ3) is 4.77. The minimum absolute atomic E-state index is 0.00962. The lowest BCUT2D eigenvalue weighted by molar-refractivity contribution is -0.137. The zero-order valence-electron chi connectivity index (χ0n) is 14.0. The Bertz CT molecular complexity index is 889. The van der Waals surface area contributed by atoms with Gasteiger partial charge < -0.3 is 10.4 Å². The number of anilines is 1. The summed E-state index contributed by atoms with van der Waals surface area (Å²) in [6, 6.07) is 18.3. The van der Waals surface area contributed by atoms with Gasteiger partial charge in [-0.15, -0.1) is 11.3 Å². The van der Waals surface area contributed by atoms with E-state index in [2.05, 4.69) is 22.4 Å². The van der Waals surface area contributed by atoms with Gasteiger partial charge in [0.1, 0.15) is 0 Å². The van der Waals surface area contributed by atoms with Crippen LogP contribution in [0.2, 0.25) is 0 Å². The number of nitrogens with one attached hydrogen (secondary N) is 1. The molecular formula is C20H18N2O3S. The molecule has 0 fully saturated rings. The molecule has 3 rings (SSSR count). The van der Waals surface area contributed by atoms with E-state index in [9.17, 15) is 9.59 Å². The number of amides is 1. The van der Waals surface area contributed by atoms with Gasteiger partial charge in [-0.3, -0.25) is 9.59 Å². The molecule has 132 valence electrons. The highest BCUT2D eigenvalue weighted by atomic mass is 32.1. The number of carbonyl (C=O) groups is 2. The van der Waals surface area contributed by atoms with E-state index in [4.69, 9.17) is 5.11 Å². The normalized spacial score (nSPS) is 10.5. The predicted octanol–water partition coefficient (Wildman–Crippen LogP) is 4.67. The molecule has 5 nitrogen and oxygen atoms in total. The fraction of sp³-hybridized carbons (Fsp3) is 0.150. The molecule has 0 atom stereocenters. The molecule has 0 radical (unpaired) electrons. The van der Waals surface area contributed by atoms with Crippen molar-refractivity contribution >= 4 is 28.3 Å². The van der Waals surface area contributed by atoms with Crippen LogP contribution in [0.5, 0.6) is 0 Å². The smallest absolute Gasteiger partial charge is 0.303 e. The minimum Gasteiger partial charge on any atom is -0.481 e. The highest BCUT2D eigenvalue weighted by Crippen LogP contribution is 2.27. The van der Waals surface area contributed by atoms with Crippen LogP contribution in [0.3, 0.4) is 0 Å². The van der Waals surface area contributed by atoms with Gasteiger partial charge >= 0.3 is 5.97 Å². The maximum absolute atomic E-state index is 11.8. The molecule has 3 aromatic rings. The van der Waals surface area contributed by atoms with Gasteiger partial charge in [0.2, 0.25) is 5.91 Å². The Balaban J connectivity index is 1.62. The number of nitrogens with zero attached hydrogens (tertiary/aromatic N) is 1. The Kier molecular flexibility index (Phi) is 5.76. The van der Waals surface area contributed by atoms with Crippen LogP contribution in [0.15, 0.2) is 60.0 Å². The summed E-state index contributed by atoms with van der Waals surface area (Å²) in [7, 11) is 0. The number of carbonyl (C=O) groups excluding carboxylic acids is 1. The summed E-state index contributed by atoms with van der Waals surface area (Å²) >= 11 is 1.35. The summed E-state index contributed by atoms with van der Waals surface area (Å²) in [4.78, 5) is 26.7. The van der Waals surface area contributed by atoms with E-state index in [1.165, 1.54) is 11.3 Å². The predicted molar refractivity (Wildman–Crippen MR) is 103 cm³/mol. The molecule has 0 spiro atoms. The Morgan fingerprint density at radius 1 is 0.923 bits per heavy atom. The van der Waals surface area contributed by atoms with Gasteiger partial charge in [0.05, 0.1) is 5.69 Å². The topological polar surface area (TPSA) is 79.3 Å². The average Bonchev–Trinajstić information content (AvgIpc) is 3.10. The number of benzene rings is 2. The number of carboxylic acids is 1. The van der Waals surface area contributed by atoms with Crippen molar-refractivity contribution in [3.8, 4) is 22.4 Å². The van der Waals surface area contributed by atoms with Crippen LogP contribution in [-0.2, 0) is 9.59 Å². The Labute approximate surface area is 155 Å². The summed E-state index contributed by atoms with van der Waals surface area (Å²) in [5, 5.41) is 13.7. The van der Waals surface area contributed by atoms with Crippen molar-refractivity contribution in [3.63, 3.8) is 0 Å². The second-order valence-corrected chi connectivity index (χ2v) is 6.63. The van der Waals surface area contributed by atoms with Crippen LogP contribution in [0.1, 0.15) is 19.3 Å². The molecule has 0 saturated carbocycles. The van der Waals surface area contributed by atoms with Crippen molar-refractivity contribution in [2.75, 3.05) is 5.32 Å². The number of aromatic nitrogens is 1. The van der Waals surface area contributed by atoms with Crippen molar-refractivity contribution in [3.05, 3.63) is 60.0 Å². The lowest BCUT2D eigenvalue weighted by atomic mass is 10.0. The van der Waals surface area contributed by atoms with Crippen LogP contribution in [0.4, 0.5) is 5.13 Å². The lowest BCUT2D eigenvalue weighted by Crippen LogP contribution is -2.11. The van der Waals surface area contributed by atoms with E-state index in [1.807, 2.05) is 47.8 Å². The Morgan fingerprint density at radius 2 is 1.58 bits per heavy atom. The first kappa shape index (κ1) is 17.8. The molecule has 2 N–H and O–H groups in total.